The minimum atomic E-state index is -4.15. The minimum Gasteiger partial charge on any atom is -0.292 e. The number of nitrogens with zero attached hydrogens (tertiary/aromatic N) is 2. The van der Waals surface area contributed by atoms with Crippen LogP contribution < -0.4 is 5.43 Å². The Labute approximate surface area is 154 Å². The van der Waals surface area contributed by atoms with Crippen molar-refractivity contribution in [1.82, 2.24) is 0 Å². The van der Waals surface area contributed by atoms with Gasteiger partial charge in [0.1, 0.15) is 0 Å². The van der Waals surface area contributed by atoms with E-state index in [9.17, 15) is 23.3 Å². The summed E-state index contributed by atoms with van der Waals surface area (Å²) < 4.78 is 25.4. The van der Waals surface area contributed by atoms with Crippen LogP contribution in [0.1, 0.15) is 13.3 Å². The lowest BCUT2D eigenvalue weighted by molar-refractivity contribution is -0.384. The van der Waals surface area contributed by atoms with E-state index in [1.807, 2.05) is 0 Å². The van der Waals surface area contributed by atoms with Crippen LogP contribution in [0, 0.1) is 10.1 Å². The van der Waals surface area contributed by atoms with E-state index in [-0.39, 0.29) is 17.0 Å². The van der Waals surface area contributed by atoms with Crippen LogP contribution in [-0.4, -0.2) is 24.2 Å². The number of ketones is 1. The maximum absolute atomic E-state index is 12.7. The number of hydrogen-bond donors (Lipinski definition) is 1. The largest absolute Gasteiger partial charge is 0.292 e. The van der Waals surface area contributed by atoms with Gasteiger partial charge in [-0.15, -0.1) is 0 Å². The van der Waals surface area contributed by atoms with Crippen LogP contribution in [0.5, 0.6) is 0 Å². The van der Waals surface area contributed by atoms with Crippen LogP contribution in [0.25, 0.3) is 0 Å². The Bertz CT molecular complexity index is 954. The highest BCUT2D eigenvalue weighted by Crippen LogP contribution is 2.19. The third-order valence-electron chi connectivity index (χ3n) is 3.30. The van der Waals surface area contributed by atoms with E-state index in [0.717, 1.165) is 0 Å². The Balaban J connectivity index is 2.37. The SMILES string of the molecule is CCC(=O)/C(=N\Nc1ccc([N+](=O)[O-])cc1)S(=O)(=O)c1ccc(Cl)cc1. The van der Waals surface area contributed by atoms with E-state index in [1.54, 1.807) is 0 Å². The summed E-state index contributed by atoms with van der Waals surface area (Å²) in [5.74, 6) is -0.672. The number of nitro groups is 1. The topological polar surface area (TPSA) is 119 Å². The van der Waals surface area contributed by atoms with Gasteiger partial charge in [-0.3, -0.25) is 20.3 Å². The number of nitrogens with one attached hydrogen (secondary N) is 1. The molecule has 0 amide bonds. The third-order valence-corrected chi connectivity index (χ3v) is 5.28. The van der Waals surface area contributed by atoms with Crippen molar-refractivity contribution in [1.29, 1.82) is 0 Å². The van der Waals surface area contributed by atoms with Crippen molar-refractivity contribution in [3.8, 4) is 0 Å². The second-order valence-electron chi connectivity index (χ2n) is 5.07. The zero-order chi connectivity index (χ0) is 19.3. The highest BCUT2D eigenvalue weighted by atomic mass is 35.5. The Morgan fingerprint density at radius 3 is 2.23 bits per heavy atom. The van der Waals surface area contributed by atoms with Gasteiger partial charge in [0.25, 0.3) is 5.69 Å². The maximum Gasteiger partial charge on any atom is 0.269 e. The van der Waals surface area contributed by atoms with Crippen LogP contribution in [0.2, 0.25) is 5.02 Å². The molecule has 0 saturated carbocycles. The molecule has 2 aromatic rings. The van der Waals surface area contributed by atoms with Gasteiger partial charge in [-0.1, -0.05) is 18.5 Å². The van der Waals surface area contributed by atoms with Gasteiger partial charge in [0.05, 0.1) is 15.5 Å². The summed E-state index contributed by atoms with van der Waals surface area (Å²) in [6.45, 7) is 1.51. The van der Waals surface area contributed by atoms with Gasteiger partial charge in [0, 0.05) is 23.6 Å². The normalized spacial score (nSPS) is 11.8. The summed E-state index contributed by atoms with van der Waals surface area (Å²) in [5, 5.41) is 14.1. The van der Waals surface area contributed by atoms with Gasteiger partial charge in [0.2, 0.25) is 14.9 Å². The molecule has 10 heteroatoms. The Hall–Kier alpha value is -2.78. The fraction of sp³-hybridized carbons (Fsp3) is 0.125. The molecule has 0 aliphatic heterocycles. The lowest BCUT2D eigenvalue weighted by Gasteiger charge is -2.08. The zero-order valence-electron chi connectivity index (χ0n) is 13.5. The summed E-state index contributed by atoms with van der Waals surface area (Å²) in [6.07, 6.45) is -0.0619. The van der Waals surface area contributed by atoms with Crippen molar-refractivity contribution in [3.63, 3.8) is 0 Å². The summed E-state index contributed by atoms with van der Waals surface area (Å²) in [5.41, 5.74) is 2.62. The molecule has 0 fully saturated rings. The van der Waals surface area contributed by atoms with Crippen molar-refractivity contribution in [2.45, 2.75) is 18.2 Å². The predicted octanol–water partition coefficient (Wildman–Crippen LogP) is 3.43. The molecule has 0 aromatic heterocycles. The first kappa shape index (κ1) is 19.5. The number of hydrazone groups is 1. The van der Waals surface area contributed by atoms with Crippen LogP contribution in [0.3, 0.4) is 0 Å². The number of Topliss-reactive ketones (excluding diaryl/α,β-unsaturated/α-hetero) is 1. The number of carbonyl (C=O) groups excluding carboxylic acids is 1. The van der Waals surface area contributed by atoms with Crippen molar-refractivity contribution < 1.29 is 18.1 Å². The second-order valence-corrected chi connectivity index (χ2v) is 7.37. The number of nitro benzene ring substituents is 1. The standard InChI is InChI=1S/C16H14ClN3O5S/c1-2-15(21)16(26(24,25)14-9-3-11(17)4-10-14)19-18-12-5-7-13(8-6-12)20(22)23/h3-10,18H,2H2,1H3/b19-16+. The number of hydrogen-bond acceptors (Lipinski definition) is 7. The van der Waals surface area contributed by atoms with E-state index in [0.29, 0.717) is 10.7 Å². The summed E-state index contributed by atoms with van der Waals surface area (Å²) in [6, 6.07) is 10.5. The van der Waals surface area contributed by atoms with Crippen molar-refractivity contribution in [2.75, 3.05) is 5.43 Å². The molecule has 0 saturated heterocycles. The number of rotatable bonds is 6. The fourth-order valence-corrected chi connectivity index (χ4v) is 3.38. The highest BCUT2D eigenvalue weighted by molar-refractivity contribution is 8.08. The first-order chi connectivity index (χ1) is 12.3. The molecule has 1 N–H and O–H groups in total. The molecule has 136 valence electrons. The second kappa shape index (κ2) is 8.07. The summed E-state index contributed by atoms with van der Waals surface area (Å²) in [4.78, 5) is 22.1. The molecule has 2 aromatic carbocycles. The maximum atomic E-state index is 12.7. The summed E-state index contributed by atoms with van der Waals surface area (Å²) in [7, 11) is -4.15. The molecule has 0 heterocycles. The average Bonchev–Trinajstić information content (AvgIpc) is 2.62. The molecule has 0 radical (unpaired) electrons. The van der Waals surface area contributed by atoms with E-state index >= 15 is 0 Å². The molecule has 0 aliphatic carbocycles. The number of carbonyl (C=O) groups is 1. The predicted molar refractivity (Wildman–Crippen MR) is 98.1 cm³/mol. The van der Waals surface area contributed by atoms with Gasteiger partial charge < -0.3 is 0 Å². The lowest BCUT2D eigenvalue weighted by atomic mass is 10.3. The quantitative estimate of drug-likeness (QED) is 0.346. The molecule has 2 rings (SSSR count). The van der Waals surface area contributed by atoms with Crippen molar-refractivity contribution in [3.05, 3.63) is 63.7 Å². The van der Waals surface area contributed by atoms with Gasteiger partial charge in [-0.25, -0.2) is 8.42 Å². The Morgan fingerprint density at radius 2 is 1.73 bits per heavy atom. The number of halogens is 1. The highest BCUT2D eigenvalue weighted by Gasteiger charge is 2.28. The number of benzene rings is 2. The van der Waals surface area contributed by atoms with Gasteiger partial charge in [-0.2, -0.15) is 5.10 Å². The molecule has 26 heavy (non-hydrogen) atoms. The van der Waals surface area contributed by atoms with E-state index in [1.165, 1.54) is 55.5 Å². The van der Waals surface area contributed by atoms with Gasteiger partial charge >= 0.3 is 0 Å². The van der Waals surface area contributed by atoms with Crippen molar-refractivity contribution in [2.24, 2.45) is 5.10 Å². The third kappa shape index (κ3) is 4.44. The monoisotopic (exact) mass is 395 g/mol. The van der Waals surface area contributed by atoms with E-state index in [2.05, 4.69) is 10.5 Å². The van der Waals surface area contributed by atoms with E-state index < -0.39 is 25.6 Å². The Morgan fingerprint density at radius 1 is 1.15 bits per heavy atom. The molecule has 0 unspecified atom stereocenters. The summed E-state index contributed by atoms with van der Waals surface area (Å²) >= 11 is 5.76. The van der Waals surface area contributed by atoms with E-state index in [4.69, 9.17) is 11.6 Å². The van der Waals surface area contributed by atoms with Crippen molar-refractivity contribution >= 4 is 43.6 Å². The lowest BCUT2D eigenvalue weighted by Crippen LogP contribution is -2.25. The van der Waals surface area contributed by atoms with Gasteiger partial charge in [0.15, 0.2) is 5.78 Å². The number of sulfone groups is 1. The van der Waals surface area contributed by atoms with Crippen LogP contribution in [-0.2, 0) is 14.6 Å². The molecule has 8 nitrogen and oxygen atoms in total. The first-order valence-electron chi connectivity index (χ1n) is 7.37. The molecular weight excluding hydrogens is 382 g/mol. The number of anilines is 1. The fourth-order valence-electron chi connectivity index (χ4n) is 1.92. The molecule has 0 spiro atoms. The first-order valence-corrected chi connectivity index (χ1v) is 9.24. The molecule has 0 aliphatic rings. The zero-order valence-corrected chi connectivity index (χ0v) is 15.1. The minimum absolute atomic E-state index is 0.0619. The molecule has 0 atom stereocenters. The van der Waals surface area contributed by atoms with Crippen LogP contribution in [0.15, 0.2) is 58.5 Å². The molecule has 0 bridgehead atoms. The van der Waals surface area contributed by atoms with Crippen LogP contribution >= 0.6 is 11.6 Å². The number of non-ortho nitro benzene ring substituents is 1. The average molecular weight is 396 g/mol. The smallest absolute Gasteiger partial charge is 0.269 e. The Kier molecular flexibility index (Phi) is 6.06. The molecular formula is C16H14ClN3O5S. The van der Waals surface area contributed by atoms with Gasteiger partial charge in [-0.05, 0) is 36.4 Å². The van der Waals surface area contributed by atoms with Crippen LogP contribution in [0.4, 0.5) is 11.4 Å².